The van der Waals surface area contributed by atoms with E-state index in [4.69, 9.17) is 4.74 Å². The monoisotopic (exact) mass is 228 g/mol. The van der Waals surface area contributed by atoms with Crippen LogP contribution in [0.25, 0.3) is 0 Å². The molecular formula is C11H16O3S. The van der Waals surface area contributed by atoms with Crippen molar-refractivity contribution in [1.82, 2.24) is 0 Å². The molecule has 0 amide bonds. The van der Waals surface area contributed by atoms with Gasteiger partial charge >= 0.3 is 0 Å². The van der Waals surface area contributed by atoms with Gasteiger partial charge in [0.05, 0.1) is 12.4 Å². The molecule has 0 aliphatic rings. The predicted molar refractivity (Wildman–Crippen MR) is 60.9 cm³/mol. The predicted octanol–water partition coefficient (Wildman–Crippen LogP) is 1.98. The summed E-state index contributed by atoms with van der Waals surface area (Å²) in [6.07, 6.45) is 2.10. The fourth-order valence-electron chi connectivity index (χ4n) is 1.22. The first-order valence-corrected chi connectivity index (χ1v) is 6.42. The second kappa shape index (κ2) is 6.45. The van der Waals surface area contributed by atoms with E-state index in [2.05, 4.69) is 6.92 Å². The van der Waals surface area contributed by atoms with E-state index in [1.54, 1.807) is 12.1 Å². The molecule has 1 aromatic carbocycles. The standard InChI is InChI=1S/C11H16O3S/c1-2-3-7-14-11-6-4-5-10(8-11)9-15(12)13/h4-6,8,15H,2-3,7,9H2,1H3. The Morgan fingerprint density at radius 3 is 2.80 bits per heavy atom. The van der Waals surface area contributed by atoms with Crippen molar-refractivity contribution in [3.05, 3.63) is 29.8 Å². The second-order valence-electron chi connectivity index (χ2n) is 3.34. The molecule has 4 heteroatoms. The lowest BCUT2D eigenvalue weighted by molar-refractivity contribution is 0.309. The molecule has 0 saturated heterocycles. The van der Waals surface area contributed by atoms with Crippen LogP contribution in [-0.4, -0.2) is 15.0 Å². The van der Waals surface area contributed by atoms with E-state index in [0.29, 0.717) is 6.61 Å². The van der Waals surface area contributed by atoms with Crippen molar-refractivity contribution in [2.75, 3.05) is 6.61 Å². The van der Waals surface area contributed by atoms with E-state index < -0.39 is 10.7 Å². The molecule has 0 radical (unpaired) electrons. The Morgan fingerprint density at radius 2 is 2.13 bits per heavy atom. The van der Waals surface area contributed by atoms with E-state index in [0.717, 1.165) is 24.2 Å². The van der Waals surface area contributed by atoms with Crippen molar-refractivity contribution < 1.29 is 13.2 Å². The number of benzene rings is 1. The molecule has 1 rings (SSSR count). The van der Waals surface area contributed by atoms with Gasteiger partial charge in [-0.1, -0.05) is 25.5 Å². The van der Waals surface area contributed by atoms with E-state index in [-0.39, 0.29) is 5.75 Å². The zero-order valence-corrected chi connectivity index (χ0v) is 9.70. The first kappa shape index (κ1) is 12.0. The Labute approximate surface area is 92.0 Å². The van der Waals surface area contributed by atoms with E-state index in [1.807, 2.05) is 12.1 Å². The molecule has 0 aliphatic heterocycles. The van der Waals surface area contributed by atoms with Crippen molar-refractivity contribution in [2.24, 2.45) is 0 Å². The van der Waals surface area contributed by atoms with Gasteiger partial charge < -0.3 is 4.74 Å². The maximum absolute atomic E-state index is 10.5. The highest BCUT2D eigenvalue weighted by molar-refractivity contribution is 7.71. The number of unbranched alkanes of at least 4 members (excludes halogenated alkanes) is 1. The van der Waals surface area contributed by atoms with Crippen molar-refractivity contribution >= 4 is 10.7 Å². The van der Waals surface area contributed by atoms with E-state index in [9.17, 15) is 8.42 Å². The maximum atomic E-state index is 10.5. The van der Waals surface area contributed by atoms with Crippen LogP contribution in [0.1, 0.15) is 25.3 Å². The van der Waals surface area contributed by atoms with Crippen LogP contribution < -0.4 is 4.74 Å². The smallest absolute Gasteiger partial charge is 0.144 e. The Kier molecular flexibility index (Phi) is 5.18. The van der Waals surface area contributed by atoms with Gasteiger partial charge in [0.1, 0.15) is 16.5 Å². The lowest BCUT2D eigenvalue weighted by Crippen LogP contribution is -1.97. The molecule has 84 valence electrons. The largest absolute Gasteiger partial charge is 0.494 e. The van der Waals surface area contributed by atoms with Crippen molar-refractivity contribution in [2.45, 2.75) is 25.5 Å². The molecule has 3 nitrogen and oxygen atoms in total. The van der Waals surface area contributed by atoms with Gasteiger partial charge in [0.2, 0.25) is 0 Å². The van der Waals surface area contributed by atoms with Gasteiger partial charge in [0.25, 0.3) is 0 Å². The van der Waals surface area contributed by atoms with Crippen LogP contribution in [0.3, 0.4) is 0 Å². The highest BCUT2D eigenvalue weighted by Crippen LogP contribution is 2.14. The summed E-state index contributed by atoms with van der Waals surface area (Å²) in [5.74, 6) is 0.832. The van der Waals surface area contributed by atoms with Crippen LogP contribution in [0, 0.1) is 0 Å². The van der Waals surface area contributed by atoms with Gasteiger partial charge in [-0.3, -0.25) is 0 Å². The average molecular weight is 228 g/mol. The molecule has 0 fully saturated rings. The molecule has 0 aliphatic carbocycles. The zero-order valence-electron chi connectivity index (χ0n) is 8.81. The van der Waals surface area contributed by atoms with Crippen LogP contribution in [0.5, 0.6) is 5.75 Å². The second-order valence-corrected chi connectivity index (χ2v) is 4.32. The zero-order chi connectivity index (χ0) is 11.1. The van der Waals surface area contributed by atoms with Crippen LogP contribution >= 0.6 is 0 Å². The summed E-state index contributed by atoms with van der Waals surface area (Å²) in [5.41, 5.74) is 0.778. The van der Waals surface area contributed by atoms with Crippen LogP contribution in [-0.2, 0) is 16.5 Å². The summed E-state index contributed by atoms with van der Waals surface area (Å²) in [6, 6.07) is 7.23. The molecule has 0 atom stereocenters. The Morgan fingerprint density at radius 1 is 1.33 bits per heavy atom. The van der Waals surface area contributed by atoms with Gasteiger partial charge in [-0.05, 0) is 24.1 Å². The quantitative estimate of drug-likeness (QED) is 0.598. The third-order valence-electron chi connectivity index (χ3n) is 1.98. The van der Waals surface area contributed by atoms with Gasteiger partial charge in [-0.25, -0.2) is 8.42 Å². The van der Waals surface area contributed by atoms with E-state index >= 15 is 0 Å². The lowest BCUT2D eigenvalue weighted by atomic mass is 10.2. The van der Waals surface area contributed by atoms with Gasteiger partial charge in [0, 0.05) is 0 Å². The molecule has 15 heavy (non-hydrogen) atoms. The van der Waals surface area contributed by atoms with E-state index in [1.165, 1.54) is 0 Å². The summed E-state index contributed by atoms with van der Waals surface area (Å²) in [7, 11) is -2.36. The summed E-state index contributed by atoms with van der Waals surface area (Å²) in [6.45, 7) is 2.78. The van der Waals surface area contributed by atoms with Crippen LogP contribution in [0.4, 0.5) is 0 Å². The van der Waals surface area contributed by atoms with Crippen molar-refractivity contribution in [3.63, 3.8) is 0 Å². The number of hydrogen-bond donors (Lipinski definition) is 1. The minimum Gasteiger partial charge on any atom is -0.494 e. The summed E-state index contributed by atoms with van der Waals surface area (Å²) >= 11 is 0. The SMILES string of the molecule is CCCCOc1cccc(C[SH](=O)=O)c1. The van der Waals surface area contributed by atoms with Gasteiger partial charge in [-0.2, -0.15) is 0 Å². The molecule has 0 saturated carbocycles. The number of hydrogen-bond acceptors (Lipinski definition) is 3. The Hall–Kier alpha value is -1.03. The number of thiol groups is 1. The fraction of sp³-hybridized carbons (Fsp3) is 0.455. The minimum atomic E-state index is -2.36. The molecule has 0 aromatic heterocycles. The van der Waals surface area contributed by atoms with Crippen LogP contribution in [0.2, 0.25) is 0 Å². The number of ether oxygens (including phenoxy) is 1. The summed E-state index contributed by atoms with van der Waals surface area (Å²) in [5, 5.41) is 0. The Bertz CT molecular complexity index is 364. The molecule has 1 aromatic rings. The molecule has 0 unspecified atom stereocenters. The Balaban J connectivity index is 2.57. The van der Waals surface area contributed by atoms with Crippen molar-refractivity contribution in [3.8, 4) is 5.75 Å². The number of rotatable bonds is 6. The first-order chi connectivity index (χ1) is 7.22. The highest BCUT2D eigenvalue weighted by atomic mass is 32.2. The van der Waals surface area contributed by atoms with Gasteiger partial charge in [-0.15, -0.1) is 0 Å². The third-order valence-corrected chi connectivity index (χ3v) is 2.60. The molecule has 0 heterocycles. The fourth-order valence-corrected chi connectivity index (χ4v) is 1.71. The van der Waals surface area contributed by atoms with Crippen molar-refractivity contribution in [1.29, 1.82) is 0 Å². The summed E-state index contributed by atoms with van der Waals surface area (Å²) < 4.78 is 26.5. The third kappa shape index (κ3) is 4.83. The highest BCUT2D eigenvalue weighted by Gasteiger charge is 1.97. The van der Waals surface area contributed by atoms with Crippen LogP contribution in [0.15, 0.2) is 24.3 Å². The molecular weight excluding hydrogens is 212 g/mol. The average Bonchev–Trinajstić information content (AvgIpc) is 2.18. The maximum Gasteiger partial charge on any atom is 0.144 e. The minimum absolute atomic E-state index is 0.0836. The first-order valence-electron chi connectivity index (χ1n) is 5.06. The lowest BCUT2D eigenvalue weighted by Gasteiger charge is -2.05. The normalized spacial score (nSPS) is 10.5. The summed E-state index contributed by atoms with van der Waals surface area (Å²) in [4.78, 5) is 0. The van der Waals surface area contributed by atoms with Gasteiger partial charge in [0.15, 0.2) is 0 Å². The molecule has 0 N–H and O–H groups in total. The molecule has 0 spiro atoms. The molecule has 0 bridgehead atoms. The topological polar surface area (TPSA) is 43.4 Å².